The van der Waals surface area contributed by atoms with Gasteiger partial charge in [-0.1, -0.05) is 60.7 Å². The summed E-state index contributed by atoms with van der Waals surface area (Å²) in [6, 6.07) is 26.2. The van der Waals surface area contributed by atoms with E-state index in [4.69, 9.17) is 4.74 Å². The van der Waals surface area contributed by atoms with Crippen molar-refractivity contribution in [3.8, 4) is 11.5 Å². The number of aryl methyl sites for hydroxylation is 1. The summed E-state index contributed by atoms with van der Waals surface area (Å²) in [6.45, 7) is 0. The van der Waals surface area contributed by atoms with Gasteiger partial charge in [-0.05, 0) is 42.7 Å². The van der Waals surface area contributed by atoms with Gasteiger partial charge in [-0.3, -0.25) is 4.72 Å². The van der Waals surface area contributed by atoms with Gasteiger partial charge < -0.3 is 4.74 Å². The number of rotatable bonds is 8. The predicted octanol–water partition coefficient (Wildman–Crippen LogP) is 4.85. The predicted molar refractivity (Wildman–Crippen MR) is 105 cm³/mol. The molecule has 5 heteroatoms. The highest BCUT2D eigenvalue weighted by molar-refractivity contribution is 7.92. The van der Waals surface area contributed by atoms with Crippen molar-refractivity contribution >= 4 is 15.7 Å². The molecule has 0 atom stereocenters. The van der Waals surface area contributed by atoms with Crippen LogP contribution in [0.2, 0.25) is 0 Å². The summed E-state index contributed by atoms with van der Waals surface area (Å²) in [4.78, 5) is 0. The lowest BCUT2D eigenvalue weighted by atomic mass is 10.1. The maximum atomic E-state index is 12.4. The van der Waals surface area contributed by atoms with Gasteiger partial charge in [0.25, 0.3) is 0 Å². The molecule has 3 rings (SSSR count). The van der Waals surface area contributed by atoms with Crippen LogP contribution in [0.5, 0.6) is 11.5 Å². The van der Waals surface area contributed by atoms with Gasteiger partial charge in [-0.25, -0.2) is 8.42 Å². The number of anilines is 1. The molecule has 0 spiro atoms. The highest BCUT2D eigenvalue weighted by Crippen LogP contribution is 2.29. The zero-order valence-corrected chi connectivity index (χ0v) is 15.2. The molecular weight excluding hydrogens is 346 g/mol. The van der Waals surface area contributed by atoms with Crippen molar-refractivity contribution < 1.29 is 13.2 Å². The van der Waals surface area contributed by atoms with Crippen LogP contribution in [0.3, 0.4) is 0 Å². The third kappa shape index (κ3) is 5.36. The van der Waals surface area contributed by atoms with Crippen molar-refractivity contribution in [2.75, 3.05) is 10.5 Å². The first kappa shape index (κ1) is 18.0. The lowest BCUT2D eigenvalue weighted by Gasteiger charge is -2.13. The second kappa shape index (κ2) is 8.54. The maximum Gasteiger partial charge on any atom is 0.232 e. The van der Waals surface area contributed by atoms with E-state index in [1.165, 1.54) is 0 Å². The van der Waals surface area contributed by atoms with Crippen molar-refractivity contribution in [2.45, 2.75) is 12.8 Å². The van der Waals surface area contributed by atoms with E-state index in [1.807, 2.05) is 66.7 Å². The summed E-state index contributed by atoms with van der Waals surface area (Å²) in [5.41, 5.74) is 1.58. The number of nitrogens with one attached hydrogen (secondary N) is 1. The van der Waals surface area contributed by atoms with E-state index < -0.39 is 10.0 Å². The summed E-state index contributed by atoms with van der Waals surface area (Å²) >= 11 is 0. The molecule has 3 aromatic carbocycles. The molecule has 0 radical (unpaired) electrons. The zero-order valence-electron chi connectivity index (χ0n) is 14.3. The zero-order chi connectivity index (χ0) is 18.2. The van der Waals surface area contributed by atoms with E-state index in [0.29, 0.717) is 23.6 Å². The molecule has 1 N–H and O–H groups in total. The lowest BCUT2D eigenvalue weighted by molar-refractivity contribution is 0.485. The lowest BCUT2D eigenvalue weighted by Crippen LogP contribution is -2.17. The van der Waals surface area contributed by atoms with Crippen molar-refractivity contribution in [1.82, 2.24) is 0 Å². The Morgan fingerprint density at radius 2 is 1.38 bits per heavy atom. The fourth-order valence-electron chi connectivity index (χ4n) is 2.59. The molecule has 0 aliphatic heterocycles. The number of benzene rings is 3. The van der Waals surface area contributed by atoms with Gasteiger partial charge >= 0.3 is 0 Å². The monoisotopic (exact) mass is 367 g/mol. The molecule has 0 heterocycles. The largest absolute Gasteiger partial charge is 0.455 e. The van der Waals surface area contributed by atoms with Crippen molar-refractivity contribution in [3.63, 3.8) is 0 Å². The second-order valence-corrected chi connectivity index (χ2v) is 7.76. The van der Waals surface area contributed by atoms with Gasteiger partial charge in [-0.15, -0.1) is 0 Å². The minimum atomic E-state index is -3.45. The van der Waals surface area contributed by atoms with Gasteiger partial charge in [-0.2, -0.15) is 0 Å². The Morgan fingerprint density at radius 3 is 2.12 bits per heavy atom. The quantitative estimate of drug-likeness (QED) is 0.619. The van der Waals surface area contributed by atoms with Crippen LogP contribution in [0.4, 0.5) is 5.69 Å². The van der Waals surface area contributed by atoms with Gasteiger partial charge in [0.2, 0.25) is 10.0 Å². The van der Waals surface area contributed by atoms with Crippen LogP contribution in [-0.2, 0) is 16.4 Å². The molecular formula is C21H21NO3S. The smallest absolute Gasteiger partial charge is 0.232 e. The first-order valence-corrected chi connectivity index (χ1v) is 10.1. The minimum Gasteiger partial charge on any atom is -0.455 e. The van der Waals surface area contributed by atoms with Gasteiger partial charge in [0, 0.05) is 0 Å². The molecule has 4 nitrogen and oxygen atoms in total. The first-order chi connectivity index (χ1) is 12.6. The van der Waals surface area contributed by atoms with Crippen LogP contribution in [0.25, 0.3) is 0 Å². The molecule has 0 bridgehead atoms. The fourth-order valence-corrected chi connectivity index (χ4v) is 3.72. The van der Waals surface area contributed by atoms with E-state index in [-0.39, 0.29) is 5.75 Å². The molecule has 0 aliphatic carbocycles. The van der Waals surface area contributed by atoms with E-state index in [0.717, 1.165) is 12.0 Å². The Bertz CT molecular complexity index is 926. The normalized spacial score (nSPS) is 11.1. The standard InChI is InChI=1S/C21H21NO3S/c23-26(24,17-9-12-18-10-3-1-4-11-18)22-20-15-7-8-16-21(20)25-19-13-5-2-6-14-19/h1-8,10-11,13-16,22H,9,12,17H2. The Balaban J connectivity index is 1.64. The Kier molecular flexibility index (Phi) is 5.92. The van der Waals surface area contributed by atoms with Crippen molar-refractivity contribution in [2.24, 2.45) is 0 Å². The SMILES string of the molecule is O=S(=O)(CCCc1ccccc1)Nc1ccccc1Oc1ccccc1. The molecule has 0 saturated carbocycles. The molecule has 0 amide bonds. The summed E-state index contributed by atoms with van der Waals surface area (Å²) < 4.78 is 33.3. The van der Waals surface area contributed by atoms with Gasteiger partial charge in [0.1, 0.15) is 5.75 Å². The molecule has 0 saturated heterocycles. The van der Waals surface area contributed by atoms with Gasteiger partial charge in [0.05, 0.1) is 11.4 Å². The molecule has 0 fully saturated rings. The number of hydrogen-bond donors (Lipinski definition) is 1. The molecule has 3 aromatic rings. The third-order valence-corrected chi connectivity index (χ3v) is 5.20. The first-order valence-electron chi connectivity index (χ1n) is 8.49. The topological polar surface area (TPSA) is 55.4 Å². The summed E-state index contributed by atoms with van der Waals surface area (Å²) in [6.07, 6.45) is 1.28. The Labute approximate surface area is 154 Å². The number of sulfonamides is 1. The van der Waals surface area contributed by atoms with Crippen LogP contribution < -0.4 is 9.46 Å². The van der Waals surface area contributed by atoms with E-state index in [2.05, 4.69) is 4.72 Å². The van der Waals surface area contributed by atoms with Crippen LogP contribution in [0.15, 0.2) is 84.9 Å². The van der Waals surface area contributed by atoms with Crippen molar-refractivity contribution in [1.29, 1.82) is 0 Å². The fraction of sp³-hybridized carbons (Fsp3) is 0.143. The van der Waals surface area contributed by atoms with Gasteiger partial charge in [0.15, 0.2) is 5.75 Å². The van der Waals surface area contributed by atoms with Crippen molar-refractivity contribution in [3.05, 3.63) is 90.5 Å². The molecule has 0 aliphatic rings. The van der Waals surface area contributed by atoms with Crippen LogP contribution in [0, 0.1) is 0 Å². The summed E-state index contributed by atoms with van der Waals surface area (Å²) in [7, 11) is -3.45. The summed E-state index contributed by atoms with van der Waals surface area (Å²) in [5.74, 6) is 1.19. The third-order valence-electron chi connectivity index (χ3n) is 3.84. The molecule has 134 valence electrons. The molecule has 0 aromatic heterocycles. The average Bonchev–Trinajstić information content (AvgIpc) is 2.65. The number of para-hydroxylation sites is 3. The second-order valence-electron chi connectivity index (χ2n) is 5.92. The average molecular weight is 367 g/mol. The van der Waals surface area contributed by atoms with Crippen LogP contribution >= 0.6 is 0 Å². The van der Waals surface area contributed by atoms with E-state index in [1.54, 1.807) is 18.2 Å². The van der Waals surface area contributed by atoms with E-state index >= 15 is 0 Å². The van der Waals surface area contributed by atoms with Crippen LogP contribution in [0.1, 0.15) is 12.0 Å². The summed E-state index contributed by atoms with van der Waals surface area (Å²) in [5, 5.41) is 0. The Hall–Kier alpha value is -2.79. The Morgan fingerprint density at radius 1 is 0.769 bits per heavy atom. The number of ether oxygens (including phenoxy) is 1. The molecule has 26 heavy (non-hydrogen) atoms. The molecule has 0 unspecified atom stereocenters. The number of hydrogen-bond acceptors (Lipinski definition) is 3. The minimum absolute atomic E-state index is 0.0571. The highest BCUT2D eigenvalue weighted by atomic mass is 32.2. The highest BCUT2D eigenvalue weighted by Gasteiger charge is 2.14. The maximum absolute atomic E-state index is 12.4. The van der Waals surface area contributed by atoms with Crippen LogP contribution in [-0.4, -0.2) is 14.2 Å². The van der Waals surface area contributed by atoms with E-state index in [9.17, 15) is 8.42 Å².